The molecule has 1 aromatic heterocycles. The molecule has 1 unspecified atom stereocenters. The summed E-state index contributed by atoms with van der Waals surface area (Å²) in [5.74, 6) is 1.43. The highest BCUT2D eigenvalue weighted by atomic mass is 15.3. The van der Waals surface area contributed by atoms with E-state index in [0.717, 1.165) is 37.7 Å². The number of hydrogen-bond acceptors (Lipinski definition) is 2. The van der Waals surface area contributed by atoms with Crippen molar-refractivity contribution in [3.8, 4) is 0 Å². The van der Waals surface area contributed by atoms with E-state index in [4.69, 9.17) is 5.73 Å². The van der Waals surface area contributed by atoms with Gasteiger partial charge in [0.15, 0.2) is 5.96 Å². The topological polar surface area (TPSA) is 59.4 Å². The Morgan fingerprint density at radius 3 is 2.80 bits per heavy atom. The van der Waals surface area contributed by atoms with Crippen LogP contribution in [0.15, 0.2) is 4.99 Å². The van der Waals surface area contributed by atoms with Crippen molar-refractivity contribution in [2.45, 2.75) is 40.0 Å². The summed E-state index contributed by atoms with van der Waals surface area (Å²) in [5.41, 5.74) is 9.74. The third kappa shape index (κ3) is 3.32. The third-order valence-corrected chi connectivity index (χ3v) is 4.28. The molecule has 0 spiro atoms. The average molecular weight is 277 g/mol. The van der Waals surface area contributed by atoms with E-state index < -0.39 is 0 Å². The molecule has 1 atom stereocenters. The maximum atomic E-state index is 6.11. The molecule has 5 heteroatoms. The first-order valence-electron chi connectivity index (χ1n) is 7.53. The first-order valence-corrected chi connectivity index (χ1v) is 7.53. The van der Waals surface area contributed by atoms with E-state index in [2.05, 4.69) is 35.8 Å². The van der Waals surface area contributed by atoms with Crippen molar-refractivity contribution in [2.24, 2.45) is 23.7 Å². The second-order valence-corrected chi connectivity index (χ2v) is 5.96. The SMILES string of the molecule is Cc1nn(C)c(C)c1CCN=C(N)N1CCCC(C)C1. The van der Waals surface area contributed by atoms with Crippen LogP contribution < -0.4 is 5.73 Å². The van der Waals surface area contributed by atoms with Crippen LogP contribution in [0, 0.1) is 19.8 Å². The van der Waals surface area contributed by atoms with Crippen LogP contribution in [0.3, 0.4) is 0 Å². The molecule has 2 heterocycles. The molecule has 0 bridgehead atoms. The van der Waals surface area contributed by atoms with Gasteiger partial charge in [0.05, 0.1) is 5.69 Å². The Kier molecular flexibility index (Phi) is 4.68. The number of nitrogens with zero attached hydrogens (tertiary/aromatic N) is 4. The lowest BCUT2D eigenvalue weighted by atomic mass is 10.0. The van der Waals surface area contributed by atoms with E-state index in [1.54, 1.807) is 0 Å². The molecule has 0 saturated carbocycles. The Morgan fingerprint density at radius 2 is 2.20 bits per heavy atom. The highest BCUT2D eigenvalue weighted by Gasteiger charge is 2.17. The lowest BCUT2D eigenvalue weighted by Crippen LogP contribution is -2.43. The number of nitrogens with two attached hydrogens (primary N) is 1. The van der Waals surface area contributed by atoms with Gasteiger partial charge in [-0.3, -0.25) is 9.67 Å². The molecule has 0 radical (unpaired) electrons. The second kappa shape index (κ2) is 6.29. The Labute approximate surface area is 121 Å². The summed E-state index contributed by atoms with van der Waals surface area (Å²) in [4.78, 5) is 6.77. The number of hydrogen-bond donors (Lipinski definition) is 1. The third-order valence-electron chi connectivity index (χ3n) is 4.28. The van der Waals surface area contributed by atoms with Gasteiger partial charge in [-0.15, -0.1) is 0 Å². The van der Waals surface area contributed by atoms with Gasteiger partial charge in [-0.05, 0) is 44.6 Å². The minimum absolute atomic E-state index is 0.704. The van der Waals surface area contributed by atoms with Crippen molar-refractivity contribution in [1.29, 1.82) is 0 Å². The smallest absolute Gasteiger partial charge is 0.191 e. The Morgan fingerprint density at radius 1 is 1.45 bits per heavy atom. The number of guanidine groups is 1. The molecule has 2 rings (SSSR count). The first-order chi connectivity index (χ1) is 9.49. The maximum absolute atomic E-state index is 6.11. The fourth-order valence-electron chi connectivity index (χ4n) is 2.96. The summed E-state index contributed by atoms with van der Waals surface area (Å²) in [6.45, 7) is 9.27. The predicted octanol–water partition coefficient (Wildman–Crippen LogP) is 1.63. The molecule has 0 aliphatic carbocycles. The van der Waals surface area contributed by atoms with Gasteiger partial charge < -0.3 is 10.6 Å². The molecule has 1 fully saturated rings. The number of aliphatic imine (C=N–C) groups is 1. The zero-order chi connectivity index (χ0) is 14.7. The largest absolute Gasteiger partial charge is 0.370 e. The zero-order valence-corrected chi connectivity index (χ0v) is 13.2. The fraction of sp³-hybridized carbons (Fsp3) is 0.733. The molecule has 1 saturated heterocycles. The van der Waals surface area contributed by atoms with Gasteiger partial charge in [0, 0.05) is 32.4 Å². The van der Waals surface area contributed by atoms with Crippen LogP contribution in [0.25, 0.3) is 0 Å². The van der Waals surface area contributed by atoms with Crippen molar-refractivity contribution in [3.05, 3.63) is 17.0 Å². The van der Waals surface area contributed by atoms with Crippen molar-refractivity contribution >= 4 is 5.96 Å². The minimum Gasteiger partial charge on any atom is -0.370 e. The van der Waals surface area contributed by atoms with Crippen molar-refractivity contribution in [3.63, 3.8) is 0 Å². The molecular formula is C15H27N5. The molecule has 2 N–H and O–H groups in total. The number of rotatable bonds is 3. The standard InChI is InChI=1S/C15H27N5/c1-11-6-5-9-20(10-11)15(16)17-8-7-14-12(2)18-19(4)13(14)3/h11H,5-10H2,1-4H3,(H2,16,17). The van der Waals surface area contributed by atoms with Crippen molar-refractivity contribution in [1.82, 2.24) is 14.7 Å². The van der Waals surface area contributed by atoms with E-state index in [1.165, 1.54) is 24.1 Å². The molecule has 0 amide bonds. The van der Waals surface area contributed by atoms with Crippen LogP contribution in [0.4, 0.5) is 0 Å². The van der Waals surface area contributed by atoms with Crippen LogP contribution in [0.5, 0.6) is 0 Å². The van der Waals surface area contributed by atoms with Gasteiger partial charge in [-0.2, -0.15) is 5.10 Å². The van der Waals surface area contributed by atoms with Gasteiger partial charge in [0.1, 0.15) is 0 Å². The van der Waals surface area contributed by atoms with Crippen LogP contribution >= 0.6 is 0 Å². The van der Waals surface area contributed by atoms with Gasteiger partial charge >= 0.3 is 0 Å². The molecular weight excluding hydrogens is 250 g/mol. The molecule has 5 nitrogen and oxygen atoms in total. The molecule has 20 heavy (non-hydrogen) atoms. The molecule has 1 aliphatic heterocycles. The molecule has 112 valence electrons. The zero-order valence-electron chi connectivity index (χ0n) is 13.2. The number of likely N-dealkylation sites (tertiary alicyclic amines) is 1. The highest BCUT2D eigenvalue weighted by molar-refractivity contribution is 5.78. The van der Waals surface area contributed by atoms with Crippen LogP contribution in [-0.2, 0) is 13.5 Å². The predicted molar refractivity (Wildman–Crippen MR) is 82.8 cm³/mol. The second-order valence-electron chi connectivity index (χ2n) is 5.96. The van der Waals surface area contributed by atoms with Gasteiger partial charge in [-0.25, -0.2) is 0 Å². The molecule has 1 aromatic rings. The fourth-order valence-corrected chi connectivity index (χ4v) is 2.96. The molecule has 1 aliphatic rings. The highest BCUT2D eigenvalue weighted by Crippen LogP contribution is 2.15. The lowest BCUT2D eigenvalue weighted by Gasteiger charge is -2.31. The summed E-state index contributed by atoms with van der Waals surface area (Å²) < 4.78 is 1.93. The Hall–Kier alpha value is -1.52. The van der Waals surface area contributed by atoms with E-state index in [-0.39, 0.29) is 0 Å². The first kappa shape index (κ1) is 14.9. The van der Waals surface area contributed by atoms with E-state index in [1.807, 2.05) is 11.7 Å². The average Bonchev–Trinajstić information content (AvgIpc) is 2.65. The van der Waals surface area contributed by atoms with Crippen LogP contribution in [0.1, 0.15) is 36.7 Å². The number of aryl methyl sites for hydroxylation is 2. The Bertz CT molecular complexity index is 489. The monoisotopic (exact) mass is 277 g/mol. The van der Waals surface area contributed by atoms with Crippen molar-refractivity contribution < 1.29 is 0 Å². The lowest BCUT2D eigenvalue weighted by molar-refractivity contribution is 0.270. The quantitative estimate of drug-likeness (QED) is 0.675. The summed E-state index contributed by atoms with van der Waals surface area (Å²) in [6, 6.07) is 0. The summed E-state index contributed by atoms with van der Waals surface area (Å²) in [5, 5.41) is 4.43. The normalized spacial score (nSPS) is 20.5. The molecule has 0 aromatic carbocycles. The maximum Gasteiger partial charge on any atom is 0.191 e. The summed E-state index contributed by atoms with van der Waals surface area (Å²) >= 11 is 0. The van der Waals surface area contributed by atoms with Crippen LogP contribution in [-0.4, -0.2) is 40.3 Å². The van der Waals surface area contributed by atoms with Crippen molar-refractivity contribution in [2.75, 3.05) is 19.6 Å². The Balaban J connectivity index is 1.92. The van der Waals surface area contributed by atoms with Gasteiger partial charge in [0.25, 0.3) is 0 Å². The number of aromatic nitrogens is 2. The summed E-state index contributed by atoms with van der Waals surface area (Å²) in [6.07, 6.45) is 3.44. The van der Waals surface area contributed by atoms with Crippen LogP contribution in [0.2, 0.25) is 0 Å². The minimum atomic E-state index is 0.704. The summed E-state index contributed by atoms with van der Waals surface area (Å²) in [7, 11) is 1.98. The van der Waals surface area contributed by atoms with Gasteiger partial charge in [0.2, 0.25) is 0 Å². The van der Waals surface area contributed by atoms with E-state index in [0.29, 0.717) is 5.96 Å². The van der Waals surface area contributed by atoms with E-state index in [9.17, 15) is 0 Å². The van der Waals surface area contributed by atoms with E-state index >= 15 is 0 Å². The number of piperidine rings is 1. The van der Waals surface area contributed by atoms with Gasteiger partial charge in [-0.1, -0.05) is 6.92 Å².